The molecule has 8 N–H and O–H groups in total. The van der Waals surface area contributed by atoms with Crippen LogP contribution < -0.4 is 22.1 Å². The summed E-state index contributed by atoms with van der Waals surface area (Å²) in [6, 6.07) is -0.628. The lowest BCUT2D eigenvalue weighted by Gasteiger charge is -2.13. The van der Waals surface area contributed by atoms with Gasteiger partial charge in [0.2, 0.25) is 11.8 Å². The van der Waals surface area contributed by atoms with E-state index in [4.69, 9.17) is 0 Å². The zero-order valence-corrected chi connectivity index (χ0v) is 15.9. The summed E-state index contributed by atoms with van der Waals surface area (Å²) in [7, 11) is 0. The van der Waals surface area contributed by atoms with Gasteiger partial charge in [0, 0.05) is 37.8 Å². The van der Waals surface area contributed by atoms with E-state index < -0.39 is 0 Å². The van der Waals surface area contributed by atoms with E-state index in [-0.39, 0.29) is 60.1 Å². The van der Waals surface area contributed by atoms with E-state index >= 15 is 0 Å². The van der Waals surface area contributed by atoms with Gasteiger partial charge in [-0.1, -0.05) is 13.8 Å². The smallest absolute Gasteiger partial charge is 0.223 e. The van der Waals surface area contributed by atoms with Gasteiger partial charge >= 0.3 is 0 Å². The Kier molecular flexibility index (Phi) is 10.9. The van der Waals surface area contributed by atoms with Crippen molar-refractivity contribution in [2.75, 3.05) is 13.1 Å². The van der Waals surface area contributed by atoms with Gasteiger partial charge < -0.3 is 22.1 Å². The third-order valence-electron chi connectivity index (χ3n) is 3.96. The van der Waals surface area contributed by atoms with Crippen molar-refractivity contribution in [3.05, 3.63) is 0 Å². The highest BCUT2D eigenvalue weighted by Crippen LogP contribution is 2.05. The molecule has 0 bridgehead atoms. The van der Waals surface area contributed by atoms with Gasteiger partial charge in [-0.2, -0.15) is 0 Å². The predicted molar refractivity (Wildman–Crippen MR) is 92.9 cm³/mol. The van der Waals surface area contributed by atoms with E-state index in [1.165, 1.54) is 0 Å². The van der Waals surface area contributed by atoms with Gasteiger partial charge in [-0.05, 0) is 20.3 Å². The van der Waals surface area contributed by atoms with E-state index in [1.807, 2.05) is 0 Å². The SMILES string of the molecule is CC([NH3+])C(=O)CC(C)C(=O)NCCCNC(=O)C(C)CC(=O)C(C)[NH3+]. The molecule has 0 aliphatic rings. The highest BCUT2D eigenvalue weighted by atomic mass is 16.2. The fourth-order valence-corrected chi connectivity index (χ4v) is 2.05. The molecule has 0 heterocycles. The van der Waals surface area contributed by atoms with Crippen LogP contribution in [-0.4, -0.2) is 48.6 Å². The summed E-state index contributed by atoms with van der Waals surface area (Å²) in [5.74, 6) is -1.19. The van der Waals surface area contributed by atoms with Crippen LogP contribution in [0.1, 0.15) is 47.0 Å². The molecule has 2 amide bonds. The molecule has 0 saturated carbocycles. The topological polar surface area (TPSA) is 148 Å². The fourth-order valence-electron chi connectivity index (χ4n) is 2.05. The molecule has 0 rings (SSSR count). The minimum atomic E-state index is -0.387. The van der Waals surface area contributed by atoms with Gasteiger partial charge in [0.25, 0.3) is 0 Å². The van der Waals surface area contributed by atoms with E-state index in [1.54, 1.807) is 27.7 Å². The number of hydrogen-bond acceptors (Lipinski definition) is 4. The normalized spacial score (nSPS) is 15.6. The highest BCUT2D eigenvalue weighted by Gasteiger charge is 2.21. The van der Waals surface area contributed by atoms with E-state index in [2.05, 4.69) is 22.1 Å². The average Bonchev–Trinajstić information content (AvgIpc) is 2.53. The number of nitrogens with one attached hydrogen (secondary N) is 2. The maximum Gasteiger partial charge on any atom is 0.223 e. The summed E-state index contributed by atoms with van der Waals surface area (Å²) in [4.78, 5) is 46.9. The van der Waals surface area contributed by atoms with Gasteiger partial charge in [-0.25, -0.2) is 0 Å². The van der Waals surface area contributed by atoms with Gasteiger partial charge in [0.1, 0.15) is 12.1 Å². The number of carbonyl (C=O) groups excluding carboxylic acids is 4. The lowest BCUT2D eigenvalue weighted by atomic mass is 10.0. The van der Waals surface area contributed by atoms with Crippen molar-refractivity contribution in [1.29, 1.82) is 0 Å². The third kappa shape index (κ3) is 9.93. The number of Topliss-reactive ketones (excluding diaryl/α,β-unsaturated/α-hetero) is 2. The van der Waals surface area contributed by atoms with E-state index in [9.17, 15) is 19.2 Å². The second kappa shape index (κ2) is 11.7. The Hall–Kier alpha value is -1.80. The van der Waals surface area contributed by atoms with Crippen molar-refractivity contribution in [1.82, 2.24) is 10.6 Å². The van der Waals surface area contributed by atoms with Crippen LogP contribution in [0.2, 0.25) is 0 Å². The first-order valence-corrected chi connectivity index (χ1v) is 8.83. The molecule has 0 fully saturated rings. The molecule has 4 atom stereocenters. The second-order valence-corrected chi connectivity index (χ2v) is 6.88. The van der Waals surface area contributed by atoms with Crippen LogP contribution in [0.3, 0.4) is 0 Å². The number of rotatable bonds is 12. The molecule has 0 saturated heterocycles. The first-order valence-electron chi connectivity index (χ1n) is 8.83. The van der Waals surface area contributed by atoms with Crippen molar-refractivity contribution in [2.45, 2.75) is 59.0 Å². The Bertz CT molecular complexity index is 435. The van der Waals surface area contributed by atoms with E-state index in [0.29, 0.717) is 19.5 Å². The zero-order chi connectivity index (χ0) is 19.6. The maximum atomic E-state index is 11.9. The van der Waals surface area contributed by atoms with Crippen molar-refractivity contribution in [3.63, 3.8) is 0 Å². The van der Waals surface area contributed by atoms with Gasteiger partial charge in [0.15, 0.2) is 11.6 Å². The Morgan fingerprint density at radius 2 is 1.04 bits per heavy atom. The highest BCUT2D eigenvalue weighted by molar-refractivity contribution is 5.89. The van der Waals surface area contributed by atoms with Crippen LogP contribution in [0.25, 0.3) is 0 Å². The second-order valence-electron chi connectivity index (χ2n) is 6.88. The molecule has 0 spiro atoms. The standard InChI is InChI=1S/C17H32N4O4/c1-10(8-14(22)12(3)18)16(24)20-6-5-7-21-17(25)11(2)9-15(23)13(4)19/h10-13H,5-9,18-19H2,1-4H3,(H,20,24)(H,21,25)/p+2. The van der Waals surface area contributed by atoms with Crippen LogP contribution in [0.4, 0.5) is 0 Å². The summed E-state index contributed by atoms with van der Waals surface area (Å²) < 4.78 is 0. The zero-order valence-electron chi connectivity index (χ0n) is 15.9. The summed E-state index contributed by atoms with van der Waals surface area (Å²) in [5.41, 5.74) is 7.30. The number of amides is 2. The summed E-state index contributed by atoms with van der Waals surface area (Å²) in [6.07, 6.45) is 0.948. The maximum absolute atomic E-state index is 11.9. The number of ketones is 2. The largest absolute Gasteiger partial charge is 0.356 e. The fraction of sp³-hybridized carbons (Fsp3) is 0.765. The molecule has 0 aromatic rings. The molecule has 0 aromatic carbocycles. The Labute approximate surface area is 149 Å². The van der Waals surface area contributed by atoms with Crippen LogP contribution in [0.5, 0.6) is 0 Å². The van der Waals surface area contributed by atoms with E-state index in [0.717, 1.165) is 0 Å². The minimum Gasteiger partial charge on any atom is -0.356 e. The van der Waals surface area contributed by atoms with Crippen LogP contribution in [0.15, 0.2) is 0 Å². The van der Waals surface area contributed by atoms with Crippen LogP contribution in [0, 0.1) is 11.8 Å². The molecule has 0 radical (unpaired) electrons. The average molecular weight is 358 g/mol. The monoisotopic (exact) mass is 358 g/mol. The molecule has 4 unspecified atom stereocenters. The summed E-state index contributed by atoms with van der Waals surface area (Å²) >= 11 is 0. The quantitative estimate of drug-likeness (QED) is 0.300. The minimum absolute atomic E-state index is 0.0324. The van der Waals surface area contributed by atoms with Crippen molar-refractivity contribution in [2.24, 2.45) is 11.8 Å². The van der Waals surface area contributed by atoms with Gasteiger partial charge in [0.05, 0.1) is 0 Å². The first kappa shape index (κ1) is 23.2. The molecular weight excluding hydrogens is 324 g/mol. The van der Waals surface area contributed by atoms with Crippen molar-refractivity contribution in [3.8, 4) is 0 Å². The van der Waals surface area contributed by atoms with Gasteiger partial charge in [-0.3, -0.25) is 19.2 Å². The molecule has 25 heavy (non-hydrogen) atoms. The summed E-state index contributed by atoms with van der Waals surface area (Å²) in [5, 5.41) is 5.50. The number of hydrogen-bond donors (Lipinski definition) is 4. The Balaban J connectivity index is 3.94. The van der Waals surface area contributed by atoms with Crippen molar-refractivity contribution >= 4 is 23.4 Å². The number of carbonyl (C=O) groups is 4. The van der Waals surface area contributed by atoms with Crippen LogP contribution in [-0.2, 0) is 19.2 Å². The molecule has 8 nitrogen and oxygen atoms in total. The lowest BCUT2D eigenvalue weighted by Crippen LogP contribution is -2.63. The third-order valence-corrected chi connectivity index (χ3v) is 3.96. The molecule has 0 aromatic heterocycles. The molecular formula is C17H34N4O4+2. The molecule has 8 heteroatoms. The molecule has 0 aliphatic carbocycles. The van der Waals surface area contributed by atoms with Crippen LogP contribution >= 0.6 is 0 Å². The van der Waals surface area contributed by atoms with Gasteiger partial charge in [-0.15, -0.1) is 0 Å². The lowest BCUT2D eigenvalue weighted by molar-refractivity contribution is -0.398. The molecule has 0 aliphatic heterocycles. The van der Waals surface area contributed by atoms with Crippen molar-refractivity contribution < 1.29 is 30.6 Å². The predicted octanol–water partition coefficient (Wildman–Crippen LogP) is -1.94. The summed E-state index contributed by atoms with van der Waals surface area (Å²) in [6.45, 7) is 7.67. The Morgan fingerprint density at radius 1 is 0.720 bits per heavy atom. The Morgan fingerprint density at radius 3 is 1.32 bits per heavy atom. The molecule has 144 valence electrons. The number of quaternary nitrogens is 2. The first-order chi connectivity index (χ1) is 11.6.